The molecule has 1 aromatic rings. The quantitative estimate of drug-likeness (QED) is 0.102. The smallest absolute Gasteiger partial charge is 0.326 e. The third-order valence-corrected chi connectivity index (χ3v) is 9.20. The third-order valence-electron chi connectivity index (χ3n) is 6.89. The van der Waals surface area contributed by atoms with Crippen molar-refractivity contribution in [1.29, 1.82) is 0 Å². The summed E-state index contributed by atoms with van der Waals surface area (Å²) in [6.07, 6.45) is -1.41. The highest BCUT2D eigenvalue weighted by molar-refractivity contribution is 7.96. The molecule has 6 atom stereocenters. The van der Waals surface area contributed by atoms with Gasteiger partial charge in [-0.2, -0.15) is 0 Å². The fourth-order valence-electron chi connectivity index (χ4n) is 4.31. The van der Waals surface area contributed by atoms with Gasteiger partial charge in [-0.15, -0.1) is 0 Å². The van der Waals surface area contributed by atoms with Crippen molar-refractivity contribution in [2.45, 2.75) is 64.1 Å². The van der Waals surface area contributed by atoms with Crippen LogP contribution in [0.2, 0.25) is 0 Å². The van der Waals surface area contributed by atoms with E-state index in [0.717, 1.165) is 10.7 Å². The van der Waals surface area contributed by atoms with Crippen LogP contribution in [0.15, 0.2) is 35.4 Å². The summed E-state index contributed by atoms with van der Waals surface area (Å²) in [5.41, 5.74) is 8.98. The number of amides is 3. The number of nitrogens with one attached hydrogen (secondary N) is 2. The molecule has 0 spiro atoms. The maximum Gasteiger partial charge on any atom is 0.326 e. The van der Waals surface area contributed by atoms with E-state index in [2.05, 4.69) is 20.4 Å². The number of imide groups is 1. The molecule has 0 bridgehead atoms. The molecule has 6 unspecified atom stereocenters. The molecule has 2 aliphatic heterocycles. The van der Waals surface area contributed by atoms with Gasteiger partial charge in [0.25, 0.3) is 0 Å². The number of carbonyl (C=O) groups is 3. The summed E-state index contributed by atoms with van der Waals surface area (Å²) in [5, 5.41) is 9.69. The summed E-state index contributed by atoms with van der Waals surface area (Å²) in [6, 6.07) is 6.15. The fraction of sp³-hybridized carbons (Fsp3) is 0.565. The maximum atomic E-state index is 13.5. The third kappa shape index (κ3) is 6.58. The lowest BCUT2D eigenvalue weighted by molar-refractivity contribution is -0.142. The van der Waals surface area contributed by atoms with Gasteiger partial charge in [-0.05, 0) is 38.3 Å². The van der Waals surface area contributed by atoms with Crippen LogP contribution >= 0.6 is 19.7 Å². The van der Waals surface area contributed by atoms with Crippen molar-refractivity contribution in [2.75, 3.05) is 13.7 Å². The number of rotatable bonds is 11. The molecule has 2 fully saturated rings. The lowest BCUT2D eigenvalue weighted by Gasteiger charge is -2.45. The highest BCUT2D eigenvalue weighted by atomic mass is 32.1. The first-order chi connectivity index (χ1) is 18.0. The van der Waals surface area contributed by atoms with E-state index in [-0.39, 0.29) is 19.4 Å². The summed E-state index contributed by atoms with van der Waals surface area (Å²) in [5.74, 6) is -1.06. The number of azide groups is 1. The molecule has 3 rings (SSSR count). The first-order valence-corrected chi connectivity index (χ1v) is 14.1. The summed E-state index contributed by atoms with van der Waals surface area (Å²) in [6.45, 7) is 4.84. The van der Waals surface area contributed by atoms with Crippen molar-refractivity contribution in [3.63, 3.8) is 0 Å². The Kier molecular flexibility index (Phi) is 9.64. The van der Waals surface area contributed by atoms with E-state index in [1.54, 1.807) is 20.8 Å². The maximum absolute atomic E-state index is 13.5. The standard InChI is InChI=1S/C23H31N6O7PS/c1-14-23(2,3)21(31)25-22(32)29(14)19-11-16(26-28-24)18(36-19)12-35-37(33,13-38)27-17(20(30)34-4)10-15-8-6-5-7-9-15/h5-9,13-14,16-19H,10-12H2,1-4H3,(H,27,33)(H,25,31,32). The SMILES string of the molecule is COC(=O)C(Cc1ccccc1)NP(=O)(C=S)OCC1OC(N2C(=O)NC(=O)C(C)(C)C2C)CC1N=[N+]=[N-]. The van der Waals surface area contributed by atoms with Crippen molar-refractivity contribution >= 4 is 42.8 Å². The van der Waals surface area contributed by atoms with Gasteiger partial charge in [0, 0.05) is 17.4 Å². The topological polar surface area (TPSA) is 172 Å². The second-order valence-electron chi connectivity index (χ2n) is 9.59. The average molecular weight is 567 g/mol. The molecule has 15 heteroatoms. The number of hydrogen-bond donors (Lipinski definition) is 2. The summed E-state index contributed by atoms with van der Waals surface area (Å²) >= 11 is 4.96. The van der Waals surface area contributed by atoms with E-state index in [1.165, 1.54) is 12.0 Å². The Morgan fingerprint density at radius 2 is 2.11 bits per heavy atom. The van der Waals surface area contributed by atoms with Crippen LogP contribution in [0.3, 0.4) is 0 Å². The van der Waals surface area contributed by atoms with E-state index >= 15 is 0 Å². The predicted octanol–water partition coefficient (Wildman–Crippen LogP) is 3.29. The zero-order valence-corrected chi connectivity index (χ0v) is 23.2. The molecule has 1 aromatic carbocycles. The fourth-order valence-corrected chi connectivity index (χ4v) is 5.87. The highest BCUT2D eigenvalue weighted by Gasteiger charge is 2.50. The second-order valence-corrected chi connectivity index (χ2v) is 12.1. The molecular formula is C23H31N6O7PS. The first kappa shape index (κ1) is 29.7. The second kappa shape index (κ2) is 12.3. The molecule has 2 aliphatic rings. The minimum Gasteiger partial charge on any atom is -0.468 e. The molecule has 2 heterocycles. The number of thiocarbonyl (C=S) groups is 1. The molecule has 206 valence electrons. The molecule has 2 saturated heterocycles. The lowest BCUT2D eigenvalue weighted by atomic mass is 9.81. The normalized spacial score (nSPS) is 27.0. The summed E-state index contributed by atoms with van der Waals surface area (Å²) in [7, 11) is -2.66. The van der Waals surface area contributed by atoms with Gasteiger partial charge in [-0.1, -0.05) is 47.7 Å². The number of urea groups is 1. The molecule has 13 nitrogen and oxygen atoms in total. The minimum absolute atomic E-state index is 0.133. The van der Waals surface area contributed by atoms with Crippen molar-refractivity contribution in [3.8, 4) is 0 Å². The number of methoxy groups -OCH3 is 1. The van der Waals surface area contributed by atoms with Gasteiger partial charge in [0.2, 0.25) is 5.91 Å². The number of esters is 1. The van der Waals surface area contributed by atoms with Gasteiger partial charge >= 0.3 is 19.5 Å². The van der Waals surface area contributed by atoms with Crippen LogP contribution in [0.4, 0.5) is 4.79 Å². The Bertz CT molecular complexity index is 1160. The summed E-state index contributed by atoms with van der Waals surface area (Å²) < 4.78 is 30.0. The molecule has 0 aliphatic carbocycles. The van der Waals surface area contributed by atoms with Gasteiger partial charge in [0.1, 0.15) is 12.3 Å². The van der Waals surface area contributed by atoms with Crippen LogP contribution in [0.1, 0.15) is 32.8 Å². The van der Waals surface area contributed by atoms with Crippen molar-refractivity contribution in [1.82, 2.24) is 15.3 Å². The number of benzene rings is 1. The van der Waals surface area contributed by atoms with Crippen molar-refractivity contribution in [3.05, 3.63) is 46.3 Å². The van der Waals surface area contributed by atoms with E-state index in [4.69, 9.17) is 31.7 Å². The van der Waals surface area contributed by atoms with E-state index in [1.807, 2.05) is 30.3 Å². The van der Waals surface area contributed by atoms with E-state index in [9.17, 15) is 18.9 Å². The van der Waals surface area contributed by atoms with E-state index < -0.39 is 61.3 Å². The first-order valence-electron chi connectivity index (χ1n) is 11.9. The van der Waals surface area contributed by atoms with Gasteiger partial charge in [0.15, 0.2) is 0 Å². The Labute approximate surface area is 225 Å². The number of ether oxygens (including phenoxy) is 2. The Hall–Kier alpha value is -2.86. The molecule has 0 saturated carbocycles. The van der Waals surface area contributed by atoms with Crippen LogP contribution in [0.25, 0.3) is 10.4 Å². The largest absolute Gasteiger partial charge is 0.468 e. The lowest BCUT2D eigenvalue weighted by Crippen LogP contribution is -2.65. The molecule has 0 radical (unpaired) electrons. The Morgan fingerprint density at radius 3 is 2.71 bits per heavy atom. The number of nitrogens with zero attached hydrogens (tertiary/aromatic N) is 4. The van der Waals surface area contributed by atoms with Crippen LogP contribution in [-0.4, -0.2) is 72.1 Å². The zero-order valence-electron chi connectivity index (χ0n) is 21.5. The molecule has 2 N–H and O–H groups in total. The van der Waals surface area contributed by atoms with E-state index in [0.29, 0.717) is 0 Å². The summed E-state index contributed by atoms with van der Waals surface area (Å²) in [4.78, 5) is 41.6. The van der Waals surface area contributed by atoms with Crippen molar-refractivity contribution < 1.29 is 32.9 Å². The van der Waals surface area contributed by atoms with Crippen LogP contribution < -0.4 is 10.4 Å². The zero-order chi connectivity index (χ0) is 28.1. The van der Waals surface area contributed by atoms with Crippen LogP contribution in [-0.2, 0) is 34.6 Å². The number of carbonyl (C=O) groups excluding carboxylic acids is 3. The molecule has 0 aromatic heterocycles. The van der Waals surface area contributed by atoms with Gasteiger partial charge < -0.3 is 14.0 Å². The molecular weight excluding hydrogens is 535 g/mol. The Balaban J connectivity index is 1.74. The minimum atomic E-state index is -3.88. The number of hydrogen-bond acceptors (Lipinski definition) is 9. The predicted molar refractivity (Wildman–Crippen MR) is 141 cm³/mol. The van der Waals surface area contributed by atoms with Gasteiger partial charge in [-0.25, -0.2) is 9.88 Å². The Morgan fingerprint density at radius 1 is 1.42 bits per heavy atom. The van der Waals surface area contributed by atoms with Crippen molar-refractivity contribution in [2.24, 2.45) is 10.5 Å². The average Bonchev–Trinajstić information content (AvgIpc) is 3.28. The highest BCUT2D eigenvalue weighted by Crippen LogP contribution is 2.42. The van der Waals surface area contributed by atoms with Gasteiger partial charge in [-0.3, -0.25) is 24.4 Å². The molecule has 38 heavy (non-hydrogen) atoms. The monoisotopic (exact) mass is 566 g/mol. The molecule has 3 amide bonds. The van der Waals surface area contributed by atoms with Crippen LogP contribution in [0, 0.1) is 5.41 Å². The van der Waals surface area contributed by atoms with Gasteiger partial charge in [0.05, 0.1) is 36.4 Å². The van der Waals surface area contributed by atoms with Crippen LogP contribution in [0.5, 0.6) is 0 Å².